The Bertz CT molecular complexity index is 1360. The Labute approximate surface area is 204 Å². The molecule has 4 rings (SSSR count). The van der Waals surface area contributed by atoms with Crippen molar-refractivity contribution in [3.05, 3.63) is 89.5 Å². The highest BCUT2D eigenvalue weighted by Crippen LogP contribution is 2.30. The van der Waals surface area contributed by atoms with E-state index in [1.54, 1.807) is 19.2 Å². The molecule has 2 aromatic heterocycles. The molecule has 0 radical (unpaired) electrons. The fourth-order valence-electron chi connectivity index (χ4n) is 3.51. The number of nitrogens with one attached hydrogen (secondary N) is 2. The number of primary amides is 1. The van der Waals surface area contributed by atoms with E-state index in [4.69, 9.17) is 5.73 Å². The van der Waals surface area contributed by atoms with Crippen molar-refractivity contribution >= 4 is 39.8 Å². The first-order valence-electron chi connectivity index (χ1n) is 10.6. The second-order valence-electron chi connectivity index (χ2n) is 7.86. The van der Waals surface area contributed by atoms with Crippen molar-refractivity contribution in [2.45, 2.75) is 19.4 Å². The normalized spacial score (nSPS) is 11.6. The zero-order valence-corrected chi connectivity index (χ0v) is 19.5. The molecule has 0 fully saturated rings. The number of pyridine rings is 1. The molecule has 1 atom stereocenters. The van der Waals surface area contributed by atoms with Crippen molar-refractivity contribution in [1.82, 2.24) is 9.36 Å². The van der Waals surface area contributed by atoms with E-state index in [0.29, 0.717) is 5.00 Å². The van der Waals surface area contributed by atoms with E-state index in [9.17, 15) is 19.1 Å². The number of halogens is 1. The average Bonchev–Trinajstić information content (AvgIpc) is 3.25. The predicted molar refractivity (Wildman–Crippen MR) is 133 cm³/mol. The molecule has 4 aromatic rings. The number of benzene rings is 2. The third-order valence-corrected chi connectivity index (χ3v) is 6.05. The number of hydrogen-bond acceptors (Lipinski definition) is 7. The van der Waals surface area contributed by atoms with Crippen molar-refractivity contribution < 1.29 is 19.1 Å². The Morgan fingerprint density at radius 3 is 2.49 bits per heavy atom. The quantitative estimate of drug-likeness (QED) is 0.269. The summed E-state index contributed by atoms with van der Waals surface area (Å²) < 4.78 is 19.0. The number of aromatic carboxylic acids is 1. The molecule has 35 heavy (non-hydrogen) atoms. The third-order valence-electron chi connectivity index (χ3n) is 5.25. The molecule has 0 saturated carbocycles. The number of carbonyl (C=O) groups is 2. The second kappa shape index (κ2) is 10.3. The van der Waals surface area contributed by atoms with Gasteiger partial charge in [0.25, 0.3) is 0 Å². The molecule has 0 aliphatic heterocycles. The lowest BCUT2D eigenvalue weighted by molar-refractivity contribution is -0.118. The van der Waals surface area contributed by atoms with Gasteiger partial charge in [0.2, 0.25) is 5.91 Å². The standard InChI is InChI=1S/C25H22FN5O3S/c1-14-10-23(35-31-14)30-20-13-21(18(26)12-17(20)25(33)34)29-22(24(27)32)11-15-5-7-16(8-6-15)19-4-2-3-9-28-19/h2-10,12-13,22,29-30H,11H2,1H3,(H2,27,32)(H,33,34)/t22-/m1/s1. The van der Waals surface area contributed by atoms with Crippen molar-refractivity contribution in [2.75, 3.05) is 10.6 Å². The summed E-state index contributed by atoms with van der Waals surface area (Å²) in [5.74, 6) is -2.78. The summed E-state index contributed by atoms with van der Waals surface area (Å²) in [6, 6.07) is 16.1. The maximum absolute atomic E-state index is 14.8. The monoisotopic (exact) mass is 491 g/mol. The van der Waals surface area contributed by atoms with E-state index in [1.165, 1.54) is 6.07 Å². The van der Waals surface area contributed by atoms with Gasteiger partial charge in [-0.25, -0.2) is 9.18 Å². The van der Waals surface area contributed by atoms with Crippen molar-refractivity contribution in [3.63, 3.8) is 0 Å². The molecule has 10 heteroatoms. The largest absolute Gasteiger partial charge is 0.478 e. The van der Waals surface area contributed by atoms with Crippen LogP contribution in [0.15, 0.2) is 66.9 Å². The summed E-state index contributed by atoms with van der Waals surface area (Å²) in [5.41, 5.74) is 8.76. The summed E-state index contributed by atoms with van der Waals surface area (Å²) in [5, 5.41) is 15.9. The van der Waals surface area contributed by atoms with Crippen molar-refractivity contribution in [2.24, 2.45) is 5.73 Å². The van der Waals surface area contributed by atoms with Gasteiger partial charge >= 0.3 is 5.97 Å². The zero-order valence-electron chi connectivity index (χ0n) is 18.7. The van der Waals surface area contributed by atoms with Gasteiger partial charge in [-0.05, 0) is 54.4 Å². The number of hydrogen-bond donors (Lipinski definition) is 4. The molecule has 2 aromatic carbocycles. The number of nitrogens with zero attached hydrogens (tertiary/aromatic N) is 2. The van der Waals surface area contributed by atoms with E-state index >= 15 is 0 Å². The van der Waals surface area contributed by atoms with E-state index in [1.807, 2.05) is 42.5 Å². The maximum atomic E-state index is 14.8. The van der Waals surface area contributed by atoms with Crippen LogP contribution in [0, 0.1) is 12.7 Å². The minimum absolute atomic E-state index is 0.0485. The van der Waals surface area contributed by atoms with Crippen LogP contribution in [-0.2, 0) is 11.2 Å². The van der Waals surface area contributed by atoms with Crippen LogP contribution >= 0.6 is 11.5 Å². The summed E-state index contributed by atoms with van der Waals surface area (Å²) in [6.07, 6.45) is 1.91. The summed E-state index contributed by atoms with van der Waals surface area (Å²) >= 11 is 1.15. The van der Waals surface area contributed by atoms with Gasteiger partial charge in [-0.1, -0.05) is 30.3 Å². The Morgan fingerprint density at radius 2 is 1.89 bits per heavy atom. The van der Waals surface area contributed by atoms with Crippen LogP contribution in [0.5, 0.6) is 0 Å². The molecule has 178 valence electrons. The van der Waals surface area contributed by atoms with Gasteiger partial charge in [-0.3, -0.25) is 9.78 Å². The molecule has 2 heterocycles. The van der Waals surface area contributed by atoms with Crippen LogP contribution < -0.4 is 16.4 Å². The van der Waals surface area contributed by atoms with Crippen LogP contribution in [0.2, 0.25) is 0 Å². The predicted octanol–water partition coefficient (Wildman–Crippen LogP) is 4.60. The summed E-state index contributed by atoms with van der Waals surface area (Å²) in [7, 11) is 0. The highest BCUT2D eigenvalue weighted by Gasteiger charge is 2.21. The van der Waals surface area contributed by atoms with Gasteiger partial charge in [-0.2, -0.15) is 4.37 Å². The first kappa shape index (κ1) is 23.8. The number of aromatic nitrogens is 2. The molecule has 0 aliphatic rings. The van der Waals surface area contributed by atoms with E-state index < -0.39 is 23.7 Å². The average molecular weight is 492 g/mol. The molecule has 0 unspecified atom stereocenters. The third kappa shape index (κ3) is 5.79. The van der Waals surface area contributed by atoms with Gasteiger partial charge in [0.05, 0.1) is 28.3 Å². The van der Waals surface area contributed by atoms with Gasteiger partial charge in [-0.15, -0.1) is 0 Å². The number of aryl methyl sites for hydroxylation is 1. The Hall–Kier alpha value is -4.31. The zero-order chi connectivity index (χ0) is 24.9. The number of carboxylic acid groups (broad SMARTS) is 1. The number of rotatable bonds is 9. The summed E-state index contributed by atoms with van der Waals surface area (Å²) in [6.45, 7) is 1.80. The first-order valence-corrected chi connectivity index (χ1v) is 11.4. The van der Waals surface area contributed by atoms with E-state index in [0.717, 1.165) is 40.1 Å². The Kier molecular flexibility index (Phi) is 7.02. The molecule has 0 aliphatic carbocycles. The first-order chi connectivity index (χ1) is 16.8. The van der Waals surface area contributed by atoms with Crippen LogP contribution in [0.1, 0.15) is 21.6 Å². The van der Waals surface area contributed by atoms with Gasteiger partial charge in [0.1, 0.15) is 16.9 Å². The van der Waals surface area contributed by atoms with E-state index in [-0.39, 0.29) is 23.4 Å². The van der Waals surface area contributed by atoms with Crippen LogP contribution in [0.25, 0.3) is 11.3 Å². The van der Waals surface area contributed by atoms with Crippen LogP contribution in [0.3, 0.4) is 0 Å². The van der Waals surface area contributed by atoms with E-state index in [2.05, 4.69) is 20.0 Å². The molecule has 0 saturated heterocycles. The maximum Gasteiger partial charge on any atom is 0.337 e. The number of amides is 1. The molecular formula is C25H22FN5O3S. The van der Waals surface area contributed by atoms with Crippen LogP contribution in [-0.4, -0.2) is 32.4 Å². The lowest BCUT2D eigenvalue weighted by atomic mass is 10.0. The van der Waals surface area contributed by atoms with Gasteiger partial charge < -0.3 is 21.5 Å². The molecule has 1 amide bonds. The highest BCUT2D eigenvalue weighted by molar-refractivity contribution is 7.10. The SMILES string of the molecule is Cc1cc(Nc2cc(N[C@H](Cc3ccc(-c4ccccn4)cc3)C(N)=O)c(F)cc2C(=O)O)sn1. The Balaban J connectivity index is 1.57. The van der Waals surface area contributed by atoms with Gasteiger partial charge in [0.15, 0.2) is 0 Å². The topological polar surface area (TPSA) is 130 Å². The number of carbonyl (C=O) groups excluding carboxylic acids is 1. The van der Waals surface area contributed by atoms with Crippen molar-refractivity contribution in [1.29, 1.82) is 0 Å². The minimum atomic E-state index is -1.29. The molecule has 5 N–H and O–H groups in total. The van der Waals surface area contributed by atoms with Crippen LogP contribution in [0.4, 0.5) is 20.8 Å². The summed E-state index contributed by atoms with van der Waals surface area (Å²) in [4.78, 5) is 28.2. The lowest BCUT2D eigenvalue weighted by Gasteiger charge is -2.19. The number of anilines is 3. The lowest BCUT2D eigenvalue weighted by Crippen LogP contribution is -2.37. The smallest absolute Gasteiger partial charge is 0.337 e. The number of carboxylic acids is 1. The molecule has 8 nitrogen and oxygen atoms in total. The molecular weight excluding hydrogens is 469 g/mol. The van der Waals surface area contributed by atoms with Gasteiger partial charge in [0, 0.05) is 18.2 Å². The fourth-order valence-corrected chi connectivity index (χ4v) is 4.18. The highest BCUT2D eigenvalue weighted by atomic mass is 32.1. The number of nitrogens with two attached hydrogens (primary N) is 1. The van der Waals surface area contributed by atoms with Crippen molar-refractivity contribution in [3.8, 4) is 11.3 Å². The molecule has 0 spiro atoms. The Morgan fingerprint density at radius 1 is 1.11 bits per heavy atom. The fraction of sp³-hybridized carbons (Fsp3) is 0.120. The second-order valence-corrected chi connectivity index (χ2v) is 8.66. The minimum Gasteiger partial charge on any atom is -0.478 e. The molecule has 0 bridgehead atoms.